The first-order valence-electron chi connectivity index (χ1n) is 9.65. The maximum atomic E-state index is 12.5. The lowest BCUT2D eigenvalue weighted by atomic mass is 9.98. The van der Waals surface area contributed by atoms with Crippen molar-refractivity contribution in [3.8, 4) is 5.69 Å². The number of carbonyl (C=O) groups excluding carboxylic acids is 2. The molecule has 5 heteroatoms. The van der Waals surface area contributed by atoms with Crippen LogP contribution in [0.4, 0.5) is 0 Å². The van der Waals surface area contributed by atoms with Crippen LogP contribution in [0.15, 0.2) is 42.5 Å². The van der Waals surface area contributed by atoms with E-state index in [-0.39, 0.29) is 18.8 Å². The van der Waals surface area contributed by atoms with Gasteiger partial charge in [-0.25, -0.2) is 4.68 Å². The Hall–Kier alpha value is -3.21. The van der Waals surface area contributed by atoms with Crippen molar-refractivity contribution in [3.05, 3.63) is 81.7 Å². The highest BCUT2D eigenvalue weighted by atomic mass is 16.5. The summed E-state index contributed by atoms with van der Waals surface area (Å²) in [6.45, 7) is 9.42. The first-order chi connectivity index (χ1) is 13.8. The summed E-state index contributed by atoms with van der Waals surface area (Å²) < 4.78 is 7.11. The lowest BCUT2D eigenvalue weighted by Gasteiger charge is -2.10. The number of ketones is 1. The molecule has 0 aliphatic heterocycles. The van der Waals surface area contributed by atoms with Crippen molar-refractivity contribution < 1.29 is 14.3 Å². The Bertz CT molecular complexity index is 1070. The van der Waals surface area contributed by atoms with Crippen LogP contribution < -0.4 is 0 Å². The largest absolute Gasteiger partial charge is 0.457 e. The van der Waals surface area contributed by atoms with Gasteiger partial charge in [0.25, 0.3) is 0 Å². The molecule has 0 spiro atoms. The molecule has 1 aromatic heterocycles. The van der Waals surface area contributed by atoms with E-state index in [9.17, 15) is 9.59 Å². The monoisotopic (exact) mass is 390 g/mol. The molecular weight excluding hydrogens is 364 g/mol. The fraction of sp³-hybridized carbons (Fsp3) is 0.292. The molecule has 0 fully saturated rings. The molecule has 2 aromatic carbocycles. The van der Waals surface area contributed by atoms with E-state index in [1.807, 2.05) is 81.8 Å². The third-order valence-electron chi connectivity index (χ3n) is 5.27. The number of para-hydroxylation sites is 1. The van der Waals surface area contributed by atoms with Gasteiger partial charge in [-0.1, -0.05) is 24.3 Å². The average Bonchev–Trinajstić information content (AvgIpc) is 2.98. The second kappa shape index (κ2) is 8.43. The molecule has 0 aliphatic rings. The standard InChI is InChI=1S/C24H26N2O3/c1-15-11-17(3)21(12-16(15)2)23(27)14-29-24(28)13-22-18(4)25-26(19(22)5)20-9-7-6-8-10-20/h6-12H,13-14H2,1-5H3. The number of aromatic nitrogens is 2. The minimum atomic E-state index is -0.432. The number of ether oxygens (including phenoxy) is 1. The van der Waals surface area contributed by atoms with Crippen molar-refractivity contribution in [3.63, 3.8) is 0 Å². The van der Waals surface area contributed by atoms with Crippen LogP contribution in [0.5, 0.6) is 0 Å². The number of esters is 1. The van der Waals surface area contributed by atoms with E-state index >= 15 is 0 Å². The first kappa shape index (κ1) is 20.5. The highest BCUT2D eigenvalue weighted by molar-refractivity contribution is 5.99. The number of hydrogen-bond acceptors (Lipinski definition) is 4. The van der Waals surface area contributed by atoms with Crippen LogP contribution in [-0.4, -0.2) is 28.1 Å². The summed E-state index contributed by atoms with van der Waals surface area (Å²) in [4.78, 5) is 24.9. The molecule has 0 atom stereocenters. The number of rotatable bonds is 6. The Balaban J connectivity index is 1.68. The van der Waals surface area contributed by atoms with Crippen molar-refractivity contribution in [2.75, 3.05) is 6.61 Å². The van der Waals surface area contributed by atoms with E-state index < -0.39 is 5.97 Å². The molecule has 5 nitrogen and oxygen atoms in total. The van der Waals surface area contributed by atoms with Gasteiger partial charge in [0.15, 0.2) is 6.61 Å². The Morgan fingerprint density at radius 3 is 2.28 bits per heavy atom. The minimum Gasteiger partial charge on any atom is -0.457 e. The van der Waals surface area contributed by atoms with Gasteiger partial charge in [0.05, 0.1) is 17.8 Å². The van der Waals surface area contributed by atoms with E-state index in [2.05, 4.69) is 5.10 Å². The summed E-state index contributed by atoms with van der Waals surface area (Å²) >= 11 is 0. The van der Waals surface area contributed by atoms with Gasteiger partial charge in [0.1, 0.15) is 0 Å². The van der Waals surface area contributed by atoms with E-state index in [1.165, 1.54) is 0 Å². The summed E-state index contributed by atoms with van der Waals surface area (Å²) in [5, 5.41) is 4.55. The fourth-order valence-electron chi connectivity index (χ4n) is 3.43. The van der Waals surface area contributed by atoms with E-state index in [0.29, 0.717) is 5.56 Å². The zero-order valence-electron chi connectivity index (χ0n) is 17.6. The van der Waals surface area contributed by atoms with Crippen LogP contribution in [-0.2, 0) is 16.0 Å². The van der Waals surface area contributed by atoms with Crippen LogP contribution in [0.25, 0.3) is 5.69 Å². The molecule has 0 aliphatic carbocycles. The molecule has 0 unspecified atom stereocenters. The van der Waals surface area contributed by atoms with Gasteiger partial charge in [-0.3, -0.25) is 9.59 Å². The van der Waals surface area contributed by atoms with Gasteiger partial charge in [-0.15, -0.1) is 0 Å². The van der Waals surface area contributed by atoms with E-state index in [0.717, 1.165) is 39.3 Å². The molecule has 3 rings (SSSR count). The zero-order valence-corrected chi connectivity index (χ0v) is 17.6. The summed E-state index contributed by atoms with van der Waals surface area (Å²) in [5.41, 5.74) is 7.11. The van der Waals surface area contributed by atoms with Crippen molar-refractivity contribution in [1.29, 1.82) is 0 Å². The third kappa shape index (κ3) is 4.45. The van der Waals surface area contributed by atoms with Crippen LogP contribution in [0.3, 0.4) is 0 Å². The second-order valence-electron chi connectivity index (χ2n) is 7.41. The Kier molecular flexibility index (Phi) is 5.97. The topological polar surface area (TPSA) is 61.2 Å². The summed E-state index contributed by atoms with van der Waals surface area (Å²) in [6, 6.07) is 13.6. The molecule has 0 amide bonds. The second-order valence-corrected chi connectivity index (χ2v) is 7.41. The number of aryl methyl sites for hydroxylation is 4. The maximum Gasteiger partial charge on any atom is 0.310 e. The van der Waals surface area contributed by atoms with Crippen LogP contribution in [0, 0.1) is 34.6 Å². The number of Topliss-reactive ketones (excluding diaryl/α,β-unsaturated/α-hetero) is 1. The fourth-order valence-corrected chi connectivity index (χ4v) is 3.43. The number of nitrogens with zero attached hydrogens (tertiary/aromatic N) is 2. The summed E-state index contributed by atoms with van der Waals surface area (Å²) in [5.74, 6) is -0.619. The van der Waals surface area contributed by atoms with Gasteiger partial charge in [-0.05, 0) is 69.5 Å². The SMILES string of the molecule is Cc1cc(C)c(C(=O)COC(=O)Cc2c(C)nn(-c3ccccc3)c2C)cc1C. The molecule has 1 heterocycles. The summed E-state index contributed by atoms with van der Waals surface area (Å²) in [7, 11) is 0. The van der Waals surface area contributed by atoms with Crippen molar-refractivity contribution in [1.82, 2.24) is 9.78 Å². The Labute approximate surface area is 171 Å². The quantitative estimate of drug-likeness (QED) is 0.463. The van der Waals surface area contributed by atoms with Gasteiger partial charge >= 0.3 is 5.97 Å². The molecule has 29 heavy (non-hydrogen) atoms. The Morgan fingerprint density at radius 2 is 1.59 bits per heavy atom. The normalized spacial score (nSPS) is 10.8. The molecule has 0 saturated heterocycles. The molecule has 0 radical (unpaired) electrons. The highest BCUT2D eigenvalue weighted by Crippen LogP contribution is 2.19. The maximum absolute atomic E-state index is 12.5. The number of benzene rings is 2. The zero-order chi connectivity index (χ0) is 21.1. The highest BCUT2D eigenvalue weighted by Gasteiger charge is 2.18. The number of carbonyl (C=O) groups is 2. The Morgan fingerprint density at radius 1 is 0.931 bits per heavy atom. The molecule has 0 saturated carbocycles. The van der Waals surface area contributed by atoms with Crippen molar-refractivity contribution in [2.45, 2.75) is 41.0 Å². The lowest BCUT2D eigenvalue weighted by molar-refractivity contribution is -0.141. The van der Waals surface area contributed by atoms with Gasteiger partial charge < -0.3 is 4.74 Å². The number of hydrogen-bond donors (Lipinski definition) is 0. The van der Waals surface area contributed by atoms with Crippen molar-refractivity contribution in [2.24, 2.45) is 0 Å². The van der Waals surface area contributed by atoms with E-state index in [1.54, 1.807) is 0 Å². The average molecular weight is 390 g/mol. The molecular formula is C24H26N2O3. The molecule has 3 aromatic rings. The molecule has 150 valence electrons. The molecule has 0 N–H and O–H groups in total. The summed E-state index contributed by atoms with van der Waals surface area (Å²) in [6.07, 6.45) is 0.0870. The minimum absolute atomic E-state index is 0.0870. The van der Waals surface area contributed by atoms with E-state index in [4.69, 9.17) is 4.74 Å². The van der Waals surface area contributed by atoms with Gasteiger partial charge in [0, 0.05) is 16.8 Å². The van der Waals surface area contributed by atoms with Crippen LogP contribution in [0.1, 0.15) is 44.0 Å². The van der Waals surface area contributed by atoms with Crippen LogP contribution in [0.2, 0.25) is 0 Å². The van der Waals surface area contributed by atoms with Gasteiger partial charge in [0.2, 0.25) is 5.78 Å². The first-order valence-corrected chi connectivity index (χ1v) is 9.65. The third-order valence-corrected chi connectivity index (χ3v) is 5.27. The van der Waals surface area contributed by atoms with Crippen LogP contribution >= 0.6 is 0 Å². The predicted molar refractivity (Wildman–Crippen MR) is 113 cm³/mol. The van der Waals surface area contributed by atoms with Gasteiger partial charge in [-0.2, -0.15) is 5.10 Å². The smallest absolute Gasteiger partial charge is 0.310 e. The molecule has 0 bridgehead atoms. The predicted octanol–water partition coefficient (Wildman–Crippen LogP) is 4.38. The van der Waals surface area contributed by atoms with Crippen molar-refractivity contribution >= 4 is 11.8 Å². The lowest BCUT2D eigenvalue weighted by Crippen LogP contribution is -2.17.